The second-order valence-corrected chi connectivity index (χ2v) is 6.84. The van der Waals surface area contributed by atoms with Crippen LogP contribution in [0.1, 0.15) is 25.7 Å². The van der Waals surface area contributed by atoms with Crippen LogP contribution >= 0.6 is 27.7 Å². The van der Waals surface area contributed by atoms with E-state index in [2.05, 4.69) is 27.5 Å². The molecule has 19 heavy (non-hydrogen) atoms. The number of hydrogen-bond acceptors (Lipinski definition) is 4. The van der Waals surface area contributed by atoms with Crippen molar-refractivity contribution in [3.8, 4) is 0 Å². The molecule has 1 aliphatic carbocycles. The van der Waals surface area contributed by atoms with Crippen LogP contribution < -0.4 is 5.32 Å². The fourth-order valence-corrected chi connectivity index (χ4v) is 3.68. The maximum atomic E-state index is 11.0. The average molecular weight is 345 g/mol. The first-order valence-corrected chi connectivity index (χ1v) is 8.41. The minimum absolute atomic E-state index is 0.148. The quantitative estimate of drug-likeness (QED) is 0.647. The molecule has 1 aliphatic rings. The monoisotopic (exact) mass is 344 g/mol. The highest BCUT2D eigenvalue weighted by molar-refractivity contribution is 9.10. The van der Waals surface area contributed by atoms with Gasteiger partial charge in [0.25, 0.3) is 5.69 Å². The van der Waals surface area contributed by atoms with Crippen LogP contribution in [0.2, 0.25) is 0 Å². The fourth-order valence-electron chi connectivity index (χ4n) is 2.49. The molecule has 2 rings (SSSR count). The SMILES string of the molecule is CSC1CCCC(Nc2cc(Br)ccc2[N+](=O)[O-])C1. The van der Waals surface area contributed by atoms with E-state index in [9.17, 15) is 10.1 Å². The molecular weight excluding hydrogens is 328 g/mol. The molecule has 1 aromatic carbocycles. The van der Waals surface area contributed by atoms with E-state index in [1.54, 1.807) is 18.2 Å². The molecular formula is C13H17BrN2O2S. The molecule has 0 aromatic heterocycles. The molecule has 0 amide bonds. The number of rotatable bonds is 4. The van der Waals surface area contributed by atoms with Gasteiger partial charge in [-0.3, -0.25) is 10.1 Å². The summed E-state index contributed by atoms with van der Waals surface area (Å²) in [6.45, 7) is 0. The van der Waals surface area contributed by atoms with Crippen molar-refractivity contribution in [3.05, 3.63) is 32.8 Å². The van der Waals surface area contributed by atoms with Crippen molar-refractivity contribution in [3.63, 3.8) is 0 Å². The van der Waals surface area contributed by atoms with E-state index in [1.807, 2.05) is 11.8 Å². The van der Waals surface area contributed by atoms with Crippen LogP contribution in [0.15, 0.2) is 22.7 Å². The molecule has 1 N–H and O–H groups in total. The van der Waals surface area contributed by atoms with Gasteiger partial charge in [-0.1, -0.05) is 22.4 Å². The lowest BCUT2D eigenvalue weighted by molar-refractivity contribution is -0.384. The first-order chi connectivity index (χ1) is 9.10. The Labute approximate surface area is 125 Å². The van der Waals surface area contributed by atoms with Crippen LogP contribution in [0.5, 0.6) is 0 Å². The summed E-state index contributed by atoms with van der Waals surface area (Å²) in [5, 5.41) is 15.1. The Bertz CT molecular complexity index is 470. The number of anilines is 1. The van der Waals surface area contributed by atoms with Gasteiger partial charge in [0.05, 0.1) is 4.92 Å². The fraction of sp³-hybridized carbons (Fsp3) is 0.538. The van der Waals surface area contributed by atoms with Crippen molar-refractivity contribution >= 4 is 39.1 Å². The molecule has 0 radical (unpaired) electrons. The molecule has 4 nitrogen and oxygen atoms in total. The summed E-state index contributed by atoms with van der Waals surface area (Å²) in [5.74, 6) is 0. The Morgan fingerprint density at radius 3 is 2.95 bits per heavy atom. The highest BCUT2D eigenvalue weighted by Gasteiger charge is 2.23. The summed E-state index contributed by atoms with van der Waals surface area (Å²) in [6, 6.07) is 5.37. The van der Waals surface area contributed by atoms with Crippen LogP contribution in [0, 0.1) is 10.1 Å². The molecule has 2 unspecified atom stereocenters. The van der Waals surface area contributed by atoms with Crippen molar-refractivity contribution in [2.75, 3.05) is 11.6 Å². The molecule has 1 fully saturated rings. The molecule has 0 saturated heterocycles. The Kier molecular flexibility index (Phi) is 5.10. The Balaban J connectivity index is 2.13. The second kappa shape index (κ2) is 6.61. The van der Waals surface area contributed by atoms with E-state index < -0.39 is 0 Å². The third kappa shape index (κ3) is 3.86. The minimum Gasteiger partial charge on any atom is -0.377 e. The summed E-state index contributed by atoms with van der Waals surface area (Å²) in [7, 11) is 0. The van der Waals surface area contributed by atoms with E-state index in [-0.39, 0.29) is 10.6 Å². The van der Waals surface area contributed by atoms with Gasteiger partial charge in [0.1, 0.15) is 5.69 Å². The molecule has 0 bridgehead atoms. The lowest BCUT2D eigenvalue weighted by Crippen LogP contribution is -2.28. The third-order valence-electron chi connectivity index (χ3n) is 3.47. The van der Waals surface area contributed by atoms with Gasteiger partial charge in [-0.15, -0.1) is 0 Å². The van der Waals surface area contributed by atoms with E-state index in [4.69, 9.17) is 0 Å². The lowest BCUT2D eigenvalue weighted by atomic mass is 9.94. The standard InChI is InChI=1S/C13H17BrN2O2S/c1-19-11-4-2-3-10(8-11)15-12-7-9(14)5-6-13(12)16(17)18/h5-7,10-11,15H,2-4,8H2,1H3. The van der Waals surface area contributed by atoms with Crippen LogP contribution in [0.3, 0.4) is 0 Å². The predicted octanol–water partition coefficient (Wildman–Crippen LogP) is 4.44. The topological polar surface area (TPSA) is 55.2 Å². The van der Waals surface area contributed by atoms with Gasteiger partial charge in [-0.2, -0.15) is 11.8 Å². The highest BCUT2D eigenvalue weighted by Crippen LogP contribution is 2.33. The molecule has 1 saturated carbocycles. The molecule has 0 aliphatic heterocycles. The zero-order chi connectivity index (χ0) is 13.8. The summed E-state index contributed by atoms with van der Waals surface area (Å²) in [4.78, 5) is 10.7. The zero-order valence-corrected chi connectivity index (χ0v) is 13.2. The predicted molar refractivity (Wildman–Crippen MR) is 84.0 cm³/mol. The van der Waals surface area contributed by atoms with E-state index in [0.29, 0.717) is 17.0 Å². The minimum atomic E-state index is -0.330. The second-order valence-electron chi connectivity index (χ2n) is 4.78. The van der Waals surface area contributed by atoms with Crippen LogP contribution in [-0.4, -0.2) is 22.5 Å². The van der Waals surface area contributed by atoms with Crippen LogP contribution in [-0.2, 0) is 0 Å². The summed E-state index contributed by atoms with van der Waals surface area (Å²) < 4.78 is 0.859. The number of nitro benzene ring substituents is 1. The van der Waals surface area contributed by atoms with E-state index in [1.165, 1.54) is 12.8 Å². The molecule has 0 heterocycles. The summed E-state index contributed by atoms with van der Waals surface area (Å²) in [6.07, 6.45) is 6.73. The lowest BCUT2D eigenvalue weighted by Gasteiger charge is -2.29. The van der Waals surface area contributed by atoms with Gasteiger partial charge in [-0.25, -0.2) is 0 Å². The molecule has 6 heteroatoms. The molecule has 0 spiro atoms. The number of nitro groups is 1. The van der Waals surface area contributed by atoms with Gasteiger partial charge < -0.3 is 5.32 Å². The van der Waals surface area contributed by atoms with Gasteiger partial charge >= 0.3 is 0 Å². The maximum Gasteiger partial charge on any atom is 0.292 e. The van der Waals surface area contributed by atoms with E-state index >= 15 is 0 Å². The smallest absolute Gasteiger partial charge is 0.292 e. The zero-order valence-electron chi connectivity index (χ0n) is 10.8. The van der Waals surface area contributed by atoms with Crippen LogP contribution in [0.4, 0.5) is 11.4 Å². The number of thioether (sulfide) groups is 1. The molecule has 2 atom stereocenters. The number of benzene rings is 1. The highest BCUT2D eigenvalue weighted by atomic mass is 79.9. The first kappa shape index (κ1) is 14.7. The number of hydrogen-bond donors (Lipinski definition) is 1. The average Bonchev–Trinajstić information content (AvgIpc) is 2.38. The largest absolute Gasteiger partial charge is 0.377 e. The Morgan fingerprint density at radius 1 is 1.47 bits per heavy atom. The number of nitrogens with zero attached hydrogens (tertiary/aromatic N) is 1. The van der Waals surface area contributed by atoms with Gasteiger partial charge in [0, 0.05) is 21.8 Å². The van der Waals surface area contributed by atoms with Crippen molar-refractivity contribution in [2.24, 2.45) is 0 Å². The van der Waals surface area contributed by atoms with Crippen molar-refractivity contribution in [2.45, 2.75) is 37.0 Å². The first-order valence-electron chi connectivity index (χ1n) is 6.33. The Morgan fingerprint density at radius 2 is 2.26 bits per heavy atom. The summed E-state index contributed by atoms with van der Waals surface area (Å²) in [5.41, 5.74) is 0.764. The summed E-state index contributed by atoms with van der Waals surface area (Å²) >= 11 is 5.26. The number of nitrogens with one attached hydrogen (secondary N) is 1. The van der Waals surface area contributed by atoms with Crippen molar-refractivity contribution in [1.29, 1.82) is 0 Å². The Hall–Kier alpha value is -0.750. The van der Waals surface area contributed by atoms with Gasteiger partial charge in [0.15, 0.2) is 0 Å². The van der Waals surface area contributed by atoms with Crippen LogP contribution in [0.25, 0.3) is 0 Å². The molecule has 104 valence electrons. The van der Waals surface area contributed by atoms with E-state index in [0.717, 1.165) is 17.3 Å². The maximum absolute atomic E-state index is 11.0. The van der Waals surface area contributed by atoms with Gasteiger partial charge in [-0.05, 0) is 37.7 Å². The normalized spacial score (nSPS) is 23.1. The molecule has 1 aromatic rings. The van der Waals surface area contributed by atoms with Gasteiger partial charge in [0.2, 0.25) is 0 Å². The van der Waals surface area contributed by atoms with Crippen molar-refractivity contribution < 1.29 is 4.92 Å². The number of halogens is 1. The van der Waals surface area contributed by atoms with Crippen molar-refractivity contribution in [1.82, 2.24) is 0 Å². The third-order valence-corrected chi connectivity index (χ3v) is 5.06.